The molecule has 0 heterocycles. The van der Waals surface area contributed by atoms with Gasteiger partial charge in [0.25, 0.3) is 0 Å². The van der Waals surface area contributed by atoms with Crippen molar-refractivity contribution in [2.75, 3.05) is 0 Å². The molecule has 0 aromatic heterocycles. The topological polar surface area (TPSA) is 0 Å². The first kappa shape index (κ1) is 9.72. The van der Waals surface area contributed by atoms with E-state index in [9.17, 15) is 0 Å². The molecule has 6 heavy (non-hydrogen) atoms. The molecule has 0 aliphatic carbocycles. The molecule has 0 spiro atoms. The minimum absolute atomic E-state index is 0. The Kier molecular flexibility index (Phi) is 14.8. The summed E-state index contributed by atoms with van der Waals surface area (Å²) in [6.45, 7) is 5.85. The SMILES string of the molecule is [CH2-]CCCC.[Cu+]. The van der Waals surface area contributed by atoms with E-state index < -0.39 is 0 Å². The Balaban J connectivity index is 0. The van der Waals surface area contributed by atoms with Crippen LogP contribution in [0.1, 0.15) is 26.2 Å². The molecule has 1 heteroatoms. The van der Waals surface area contributed by atoms with Crippen LogP contribution in [0, 0.1) is 6.92 Å². The van der Waals surface area contributed by atoms with E-state index in [1.807, 2.05) is 0 Å². The molecule has 0 N–H and O–H groups in total. The summed E-state index contributed by atoms with van der Waals surface area (Å²) in [6.07, 6.45) is 3.65. The Hall–Kier alpha value is 0.519. The van der Waals surface area contributed by atoms with Crippen molar-refractivity contribution in [2.45, 2.75) is 26.2 Å². The smallest absolute Gasteiger partial charge is 0.343 e. The predicted molar refractivity (Wildman–Crippen MR) is 24.9 cm³/mol. The van der Waals surface area contributed by atoms with Crippen molar-refractivity contribution in [1.82, 2.24) is 0 Å². The minimum Gasteiger partial charge on any atom is -0.343 e. The Labute approximate surface area is 50.8 Å². The van der Waals surface area contributed by atoms with Crippen LogP contribution in [-0.4, -0.2) is 0 Å². The van der Waals surface area contributed by atoms with Crippen LogP contribution in [0.2, 0.25) is 0 Å². The molecule has 0 rings (SSSR count). The van der Waals surface area contributed by atoms with Crippen LogP contribution in [-0.2, 0) is 17.1 Å². The summed E-state index contributed by atoms with van der Waals surface area (Å²) in [6, 6.07) is 0. The minimum atomic E-state index is 0. The molecule has 0 nitrogen and oxygen atoms in total. The van der Waals surface area contributed by atoms with Crippen molar-refractivity contribution >= 4 is 0 Å². The molecule has 0 aromatic carbocycles. The second-order valence-electron chi connectivity index (χ2n) is 1.21. The molecule has 0 aliphatic heterocycles. The van der Waals surface area contributed by atoms with Crippen LogP contribution < -0.4 is 0 Å². The summed E-state index contributed by atoms with van der Waals surface area (Å²) in [5.41, 5.74) is 0. The van der Waals surface area contributed by atoms with Crippen molar-refractivity contribution < 1.29 is 17.1 Å². The standard InChI is InChI=1S/C5H11.Cu/c1-3-5-4-2;/h1,3-5H2,2H3;/q-1;+1. The van der Waals surface area contributed by atoms with Gasteiger partial charge in [0.1, 0.15) is 0 Å². The second-order valence-corrected chi connectivity index (χ2v) is 1.21. The van der Waals surface area contributed by atoms with Crippen LogP contribution in [0.5, 0.6) is 0 Å². The van der Waals surface area contributed by atoms with E-state index in [0.717, 1.165) is 6.42 Å². The van der Waals surface area contributed by atoms with Gasteiger partial charge in [-0.05, 0) is 0 Å². The monoisotopic (exact) mass is 134 g/mol. The largest absolute Gasteiger partial charge is 1.00 e. The van der Waals surface area contributed by atoms with Gasteiger partial charge in [0.15, 0.2) is 0 Å². The van der Waals surface area contributed by atoms with Crippen LogP contribution in [0.15, 0.2) is 0 Å². The molecular formula is C5H11Cu. The van der Waals surface area contributed by atoms with Gasteiger partial charge in [-0.2, -0.15) is 6.42 Å². The third-order valence-corrected chi connectivity index (χ3v) is 0.604. The Morgan fingerprint density at radius 3 is 2.00 bits per heavy atom. The normalized spacial score (nSPS) is 7.00. The molecule has 0 bridgehead atoms. The molecule has 0 unspecified atom stereocenters. The van der Waals surface area contributed by atoms with E-state index in [4.69, 9.17) is 0 Å². The van der Waals surface area contributed by atoms with Gasteiger partial charge in [-0.3, -0.25) is 0 Å². The molecule has 0 amide bonds. The summed E-state index contributed by atoms with van der Waals surface area (Å²) in [5, 5.41) is 0. The summed E-state index contributed by atoms with van der Waals surface area (Å²) >= 11 is 0. The summed E-state index contributed by atoms with van der Waals surface area (Å²) in [4.78, 5) is 0. The molecule has 0 saturated heterocycles. The Morgan fingerprint density at radius 1 is 1.50 bits per heavy atom. The number of hydrogen-bond acceptors (Lipinski definition) is 0. The van der Waals surface area contributed by atoms with E-state index in [2.05, 4.69) is 13.8 Å². The molecule has 0 atom stereocenters. The van der Waals surface area contributed by atoms with Gasteiger partial charge in [0.2, 0.25) is 0 Å². The van der Waals surface area contributed by atoms with E-state index in [-0.39, 0.29) is 17.1 Å². The van der Waals surface area contributed by atoms with Gasteiger partial charge in [-0.1, -0.05) is 19.8 Å². The van der Waals surface area contributed by atoms with Gasteiger partial charge < -0.3 is 6.92 Å². The van der Waals surface area contributed by atoms with Gasteiger partial charge in [0, 0.05) is 0 Å². The molecule has 0 saturated carbocycles. The number of unbranched alkanes of at least 4 members (excludes halogenated alkanes) is 2. The fourth-order valence-corrected chi connectivity index (χ4v) is 0.250. The Bertz CT molecular complexity index is 11.4. The van der Waals surface area contributed by atoms with Crippen molar-refractivity contribution in [3.8, 4) is 0 Å². The molecule has 0 fully saturated rings. The zero-order chi connectivity index (χ0) is 4.12. The van der Waals surface area contributed by atoms with Gasteiger partial charge in [-0.25, -0.2) is 0 Å². The summed E-state index contributed by atoms with van der Waals surface area (Å²) < 4.78 is 0. The van der Waals surface area contributed by atoms with Crippen LogP contribution in [0.25, 0.3) is 0 Å². The second kappa shape index (κ2) is 9.10. The number of hydrogen-bond donors (Lipinski definition) is 0. The third kappa shape index (κ3) is 8.82. The van der Waals surface area contributed by atoms with Crippen LogP contribution in [0.4, 0.5) is 0 Å². The van der Waals surface area contributed by atoms with E-state index in [0.29, 0.717) is 0 Å². The quantitative estimate of drug-likeness (QED) is 0.401. The molecule has 0 aromatic rings. The maximum atomic E-state index is 3.68. The average molecular weight is 135 g/mol. The molecular weight excluding hydrogens is 124 g/mol. The predicted octanol–water partition coefficient (Wildman–Crippen LogP) is 2.01. The fraction of sp³-hybridized carbons (Fsp3) is 0.800. The summed E-state index contributed by atoms with van der Waals surface area (Å²) in [7, 11) is 0. The van der Waals surface area contributed by atoms with Crippen LogP contribution in [0.3, 0.4) is 0 Å². The zero-order valence-electron chi connectivity index (χ0n) is 4.13. The molecule has 0 aliphatic rings. The number of rotatable bonds is 2. The maximum Gasteiger partial charge on any atom is 1.00 e. The first-order valence-corrected chi connectivity index (χ1v) is 2.21. The van der Waals surface area contributed by atoms with Crippen molar-refractivity contribution in [2.24, 2.45) is 0 Å². The molecule has 0 radical (unpaired) electrons. The van der Waals surface area contributed by atoms with E-state index in [1.54, 1.807) is 0 Å². The molecule has 42 valence electrons. The summed E-state index contributed by atoms with van der Waals surface area (Å²) in [5.74, 6) is 0. The van der Waals surface area contributed by atoms with Crippen molar-refractivity contribution in [1.29, 1.82) is 0 Å². The van der Waals surface area contributed by atoms with E-state index >= 15 is 0 Å². The van der Waals surface area contributed by atoms with Crippen molar-refractivity contribution in [3.63, 3.8) is 0 Å². The van der Waals surface area contributed by atoms with Crippen molar-refractivity contribution in [3.05, 3.63) is 6.92 Å². The van der Waals surface area contributed by atoms with Crippen LogP contribution >= 0.6 is 0 Å². The van der Waals surface area contributed by atoms with Gasteiger partial charge in [0.05, 0.1) is 0 Å². The maximum absolute atomic E-state index is 3.68. The third-order valence-electron chi connectivity index (χ3n) is 0.604. The average Bonchev–Trinajstić information content (AvgIpc) is 1.41. The van der Waals surface area contributed by atoms with Gasteiger partial charge in [-0.15, -0.1) is 0 Å². The first-order valence-electron chi connectivity index (χ1n) is 2.21. The Morgan fingerprint density at radius 2 is 2.00 bits per heavy atom. The first-order chi connectivity index (χ1) is 2.41. The van der Waals surface area contributed by atoms with E-state index in [1.165, 1.54) is 12.8 Å². The van der Waals surface area contributed by atoms with Gasteiger partial charge >= 0.3 is 17.1 Å². The fourth-order valence-electron chi connectivity index (χ4n) is 0.250. The zero-order valence-corrected chi connectivity index (χ0v) is 5.07.